The van der Waals surface area contributed by atoms with Crippen molar-refractivity contribution in [2.45, 2.75) is 13.8 Å². The number of rotatable bonds is 4. The number of nitrogens with zero attached hydrogens (tertiary/aromatic N) is 2. The molecule has 0 bridgehead atoms. The van der Waals surface area contributed by atoms with Gasteiger partial charge >= 0.3 is 5.97 Å². The van der Waals surface area contributed by atoms with Gasteiger partial charge in [-0.25, -0.2) is 9.78 Å². The van der Waals surface area contributed by atoms with Crippen molar-refractivity contribution in [1.82, 2.24) is 9.38 Å². The van der Waals surface area contributed by atoms with Gasteiger partial charge in [0.25, 0.3) is 0 Å². The first-order valence-corrected chi connectivity index (χ1v) is 7.43. The second kappa shape index (κ2) is 6.12. The smallest absolute Gasteiger partial charge is 0.356 e. The minimum atomic E-state index is -0.381. The Bertz CT molecular complexity index is 868. The molecule has 0 amide bonds. The van der Waals surface area contributed by atoms with E-state index in [4.69, 9.17) is 9.47 Å². The fourth-order valence-electron chi connectivity index (χ4n) is 2.53. The minimum Gasteiger partial charge on any atom is -0.496 e. The second-order valence-corrected chi connectivity index (χ2v) is 5.21. The quantitative estimate of drug-likeness (QED) is 0.692. The minimum absolute atomic E-state index is 0.331. The van der Waals surface area contributed by atoms with Crippen LogP contribution in [-0.4, -0.2) is 29.1 Å². The fraction of sp³-hybridized carbons (Fsp3) is 0.222. The lowest BCUT2D eigenvalue weighted by Crippen LogP contribution is -2.07. The molecule has 0 saturated heterocycles. The number of esters is 1. The van der Waals surface area contributed by atoms with Gasteiger partial charge in [0.15, 0.2) is 5.69 Å². The van der Waals surface area contributed by atoms with Crippen molar-refractivity contribution < 1.29 is 14.3 Å². The van der Waals surface area contributed by atoms with Gasteiger partial charge in [-0.3, -0.25) is 4.40 Å². The lowest BCUT2D eigenvalue weighted by molar-refractivity contribution is 0.0518. The van der Waals surface area contributed by atoms with Gasteiger partial charge in [-0.15, -0.1) is 0 Å². The molecule has 3 aromatic rings. The summed E-state index contributed by atoms with van der Waals surface area (Å²) in [5.74, 6) is 0.412. The predicted molar refractivity (Wildman–Crippen MR) is 87.9 cm³/mol. The molecule has 1 aromatic carbocycles. The Morgan fingerprint density at radius 2 is 2.09 bits per heavy atom. The van der Waals surface area contributed by atoms with Crippen LogP contribution < -0.4 is 4.74 Å². The number of aromatic nitrogens is 2. The van der Waals surface area contributed by atoms with Crippen molar-refractivity contribution in [3.63, 3.8) is 0 Å². The van der Waals surface area contributed by atoms with Crippen LogP contribution in [0.5, 0.6) is 5.75 Å². The fourth-order valence-corrected chi connectivity index (χ4v) is 2.53. The Labute approximate surface area is 134 Å². The third-order valence-corrected chi connectivity index (χ3v) is 3.66. The van der Waals surface area contributed by atoms with E-state index in [9.17, 15) is 4.79 Å². The van der Waals surface area contributed by atoms with Crippen molar-refractivity contribution in [2.24, 2.45) is 0 Å². The van der Waals surface area contributed by atoms with Crippen molar-refractivity contribution in [3.05, 3.63) is 54.0 Å². The van der Waals surface area contributed by atoms with Crippen LogP contribution in [0.15, 0.2) is 42.7 Å². The van der Waals surface area contributed by atoms with E-state index in [1.165, 1.54) is 6.20 Å². The molecule has 0 spiro atoms. The largest absolute Gasteiger partial charge is 0.496 e. The summed E-state index contributed by atoms with van der Waals surface area (Å²) in [4.78, 5) is 16.3. The number of ether oxygens (including phenoxy) is 2. The Morgan fingerprint density at radius 3 is 2.83 bits per heavy atom. The Hall–Kier alpha value is -2.82. The highest BCUT2D eigenvalue weighted by Gasteiger charge is 2.14. The molecule has 0 aliphatic rings. The highest BCUT2D eigenvalue weighted by atomic mass is 16.5. The zero-order valence-electron chi connectivity index (χ0n) is 13.4. The number of carbonyl (C=O) groups is 1. The molecular weight excluding hydrogens is 292 g/mol. The van der Waals surface area contributed by atoms with Crippen LogP contribution in [0.2, 0.25) is 0 Å². The van der Waals surface area contributed by atoms with Gasteiger partial charge in [-0.05, 0) is 37.6 Å². The van der Waals surface area contributed by atoms with Crippen LogP contribution >= 0.6 is 0 Å². The molecule has 3 rings (SSSR count). The number of benzene rings is 1. The summed E-state index contributed by atoms with van der Waals surface area (Å²) < 4.78 is 12.3. The monoisotopic (exact) mass is 310 g/mol. The van der Waals surface area contributed by atoms with Crippen LogP contribution in [0.4, 0.5) is 0 Å². The van der Waals surface area contributed by atoms with Gasteiger partial charge in [0, 0.05) is 17.3 Å². The Morgan fingerprint density at radius 1 is 1.26 bits per heavy atom. The van der Waals surface area contributed by atoms with E-state index in [1.54, 1.807) is 18.4 Å². The average molecular weight is 310 g/mol. The van der Waals surface area contributed by atoms with Crippen molar-refractivity contribution in [3.8, 4) is 16.9 Å². The van der Waals surface area contributed by atoms with Gasteiger partial charge < -0.3 is 9.47 Å². The zero-order valence-corrected chi connectivity index (χ0v) is 13.4. The third-order valence-electron chi connectivity index (χ3n) is 3.66. The molecule has 0 fully saturated rings. The van der Waals surface area contributed by atoms with Crippen LogP contribution in [0.1, 0.15) is 23.0 Å². The van der Waals surface area contributed by atoms with E-state index in [1.807, 2.05) is 43.5 Å². The van der Waals surface area contributed by atoms with Gasteiger partial charge in [0.05, 0.1) is 19.9 Å². The van der Waals surface area contributed by atoms with E-state index in [-0.39, 0.29) is 5.97 Å². The molecule has 0 aliphatic heterocycles. The van der Waals surface area contributed by atoms with E-state index in [2.05, 4.69) is 4.98 Å². The molecule has 118 valence electrons. The molecule has 0 saturated carbocycles. The zero-order chi connectivity index (χ0) is 16.4. The molecule has 0 N–H and O–H groups in total. The van der Waals surface area contributed by atoms with Crippen LogP contribution in [0.25, 0.3) is 16.8 Å². The number of carbonyl (C=O) groups excluding carboxylic acids is 1. The number of hydrogen-bond acceptors (Lipinski definition) is 4. The molecule has 2 heterocycles. The summed E-state index contributed by atoms with van der Waals surface area (Å²) in [7, 11) is 1.65. The van der Waals surface area contributed by atoms with Crippen LogP contribution in [-0.2, 0) is 4.74 Å². The lowest BCUT2D eigenvalue weighted by Gasteiger charge is -2.10. The molecule has 0 aliphatic carbocycles. The van der Waals surface area contributed by atoms with Gasteiger partial charge in [-0.1, -0.05) is 12.1 Å². The Balaban J connectivity index is 2.13. The first-order chi connectivity index (χ1) is 11.1. The molecular formula is C18H18N2O3. The normalized spacial score (nSPS) is 10.7. The van der Waals surface area contributed by atoms with E-state index in [0.717, 1.165) is 22.4 Å². The van der Waals surface area contributed by atoms with Gasteiger partial charge in [0.1, 0.15) is 11.4 Å². The van der Waals surface area contributed by atoms with Crippen molar-refractivity contribution >= 4 is 11.6 Å². The lowest BCUT2D eigenvalue weighted by atomic mass is 10.0. The molecule has 0 atom stereocenters. The summed E-state index contributed by atoms with van der Waals surface area (Å²) in [5.41, 5.74) is 4.14. The Kier molecular flexibility index (Phi) is 4.02. The topological polar surface area (TPSA) is 52.8 Å². The van der Waals surface area contributed by atoms with E-state index >= 15 is 0 Å². The maximum Gasteiger partial charge on any atom is 0.356 e. The highest BCUT2D eigenvalue weighted by Crippen LogP contribution is 2.31. The summed E-state index contributed by atoms with van der Waals surface area (Å²) in [6, 6.07) is 9.86. The highest BCUT2D eigenvalue weighted by molar-refractivity contribution is 5.88. The summed E-state index contributed by atoms with van der Waals surface area (Å²) >= 11 is 0. The number of hydrogen-bond donors (Lipinski definition) is 0. The number of imidazole rings is 1. The SMILES string of the molecule is CCOC(=O)c1cnc2ccc(-c3ccc(C)cc3OC)cn12. The first-order valence-electron chi connectivity index (χ1n) is 7.43. The molecule has 0 radical (unpaired) electrons. The van der Waals surface area contributed by atoms with Crippen molar-refractivity contribution in [2.75, 3.05) is 13.7 Å². The van der Waals surface area contributed by atoms with E-state index < -0.39 is 0 Å². The standard InChI is InChI=1S/C18H18N2O3/c1-4-23-18(21)15-10-19-17-8-6-13(11-20(15)17)14-7-5-12(2)9-16(14)22-3/h5-11H,4H2,1-3H3. The van der Waals surface area contributed by atoms with Crippen LogP contribution in [0, 0.1) is 6.92 Å². The summed E-state index contributed by atoms with van der Waals surface area (Å²) in [6.45, 7) is 4.13. The summed E-state index contributed by atoms with van der Waals surface area (Å²) in [6.07, 6.45) is 3.41. The average Bonchev–Trinajstić information content (AvgIpc) is 2.98. The summed E-state index contributed by atoms with van der Waals surface area (Å²) in [5, 5.41) is 0. The molecule has 0 unspecified atom stereocenters. The predicted octanol–water partition coefficient (Wildman–Crippen LogP) is 3.50. The third kappa shape index (κ3) is 2.77. The van der Waals surface area contributed by atoms with E-state index in [0.29, 0.717) is 17.9 Å². The van der Waals surface area contributed by atoms with Crippen molar-refractivity contribution in [1.29, 1.82) is 0 Å². The number of fused-ring (bicyclic) bond motifs is 1. The maximum absolute atomic E-state index is 12.0. The second-order valence-electron chi connectivity index (χ2n) is 5.21. The molecule has 5 nitrogen and oxygen atoms in total. The van der Waals surface area contributed by atoms with Gasteiger partial charge in [-0.2, -0.15) is 0 Å². The van der Waals surface area contributed by atoms with Gasteiger partial charge in [0.2, 0.25) is 0 Å². The molecule has 23 heavy (non-hydrogen) atoms. The number of aryl methyl sites for hydroxylation is 1. The first kappa shape index (κ1) is 15.1. The number of methoxy groups -OCH3 is 1. The van der Waals surface area contributed by atoms with Crippen LogP contribution in [0.3, 0.4) is 0 Å². The number of pyridine rings is 1. The maximum atomic E-state index is 12.0. The molecule has 5 heteroatoms. The molecule has 2 aromatic heterocycles.